The van der Waals surface area contributed by atoms with Crippen molar-refractivity contribution in [2.24, 2.45) is 0 Å². The van der Waals surface area contributed by atoms with E-state index in [9.17, 15) is 10.1 Å². The van der Waals surface area contributed by atoms with Crippen LogP contribution < -0.4 is 4.74 Å². The van der Waals surface area contributed by atoms with Gasteiger partial charge in [-0.15, -0.1) is 0 Å². The first-order chi connectivity index (χ1) is 8.69. The number of nitro groups is 1. The smallest absolute Gasteiger partial charge is 0.273 e. The zero-order chi connectivity index (χ0) is 13.0. The minimum absolute atomic E-state index is 0.0186. The number of hydrogen-bond donors (Lipinski definition) is 0. The summed E-state index contributed by atoms with van der Waals surface area (Å²) >= 11 is 0. The Kier molecular flexibility index (Phi) is 3.52. The number of aryl methyl sites for hydroxylation is 1. The molecule has 0 saturated heterocycles. The van der Waals surface area contributed by atoms with Crippen molar-refractivity contribution in [1.82, 2.24) is 10.1 Å². The lowest BCUT2D eigenvalue weighted by atomic mass is 10.3. The summed E-state index contributed by atoms with van der Waals surface area (Å²) in [5.74, 6) is 1.35. The molecule has 2 rings (SSSR count). The highest BCUT2D eigenvalue weighted by molar-refractivity contribution is 5.37. The highest BCUT2D eigenvalue weighted by Crippen LogP contribution is 2.19. The maximum Gasteiger partial charge on any atom is 0.273 e. The highest BCUT2D eigenvalue weighted by Gasteiger charge is 2.08. The molecule has 1 aromatic carbocycles. The second-order valence-corrected chi connectivity index (χ2v) is 3.50. The lowest BCUT2D eigenvalue weighted by Crippen LogP contribution is -1.98. The lowest BCUT2D eigenvalue weighted by molar-refractivity contribution is -0.384. The van der Waals surface area contributed by atoms with Gasteiger partial charge in [0.05, 0.1) is 11.0 Å². The molecule has 7 nitrogen and oxygen atoms in total. The Balaban J connectivity index is 2.01. The highest BCUT2D eigenvalue weighted by atomic mass is 16.6. The van der Waals surface area contributed by atoms with Gasteiger partial charge in [0.25, 0.3) is 5.69 Å². The van der Waals surface area contributed by atoms with Crippen LogP contribution in [0.1, 0.15) is 18.6 Å². The molecule has 0 amide bonds. The van der Waals surface area contributed by atoms with Crippen LogP contribution in [0.2, 0.25) is 0 Å². The molecule has 0 saturated carbocycles. The normalized spacial score (nSPS) is 10.3. The maximum atomic E-state index is 10.6. The minimum Gasteiger partial charge on any atom is -0.485 e. The summed E-state index contributed by atoms with van der Waals surface area (Å²) in [5.41, 5.74) is -0.0186. The molecule has 0 radical (unpaired) electrons. The monoisotopic (exact) mass is 249 g/mol. The van der Waals surface area contributed by atoms with Crippen LogP contribution in [0.3, 0.4) is 0 Å². The molecule has 0 aliphatic rings. The van der Waals surface area contributed by atoms with Crippen LogP contribution in [0.5, 0.6) is 5.75 Å². The Morgan fingerprint density at radius 2 is 2.33 bits per heavy atom. The van der Waals surface area contributed by atoms with E-state index in [0.717, 1.165) is 0 Å². The van der Waals surface area contributed by atoms with Gasteiger partial charge in [0.1, 0.15) is 5.75 Å². The zero-order valence-corrected chi connectivity index (χ0v) is 9.70. The third-order valence-corrected chi connectivity index (χ3v) is 2.21. The van der Waals surface area contributed by atoms with E-state index in [1.165, 1.54) is 12.1 Å². The molecule has 0 N–H and O–H groups in total. The van der Waals surface area contributed by atoms with Gasteiger partial charge in [-0.3, -0.25) is 10.1 Å². The largest absolute Gasteiger partial charge is 0.485 e. The van der Waals surface area contributed by atoms with Crippen molar-refractivity contribution in [2.75, 3.05) is 0 Å². The standard InChI is InChI=1S/C11H11N3O4/c1-2-11-12-10(13-18-11)7-17-9-5-3-4-8(6-9)14(15)16/h3-6H,2,7H2,1H3. The predicted octanol–water partition coefficient (Wildman–Crippen LogP) is 2.12. The zero-order valence-electron chi connectivity index (χ0n) is 9.70. The quantitative estimate of drug-likeness (QED) is 0.595. The van der Waals surface area contributed by atoms with E-state index in [1.54, 1.807) is 12.1 Å². The van der Waals surface area contributed by atoms with Crippen molar-refractivity contribution < 1.29 is 14.2 Å². The fourth-order valence-corrected chi connectivity index (χ4v) is 1.33. The third-order valence-electron chi connectivity index (χ3n) is 2.21. The van der Waals surface area contributed by atoms with Crippen LogP contribution in [0, 0.1) is 10.1 Å². The van der Waals surface area contributed by atoms with Crippen molar-refractivity contribution in [3.8, 4) is 5.75 Å². The molecule has 18 heavy (non-hydrogen) atoms. The van der Waals surface area contributed by atoms with Crippen molar-refractivity contribution in [1.29, 1.82) is 0 Å². The molecule has 94 valence electrons. The van der Waals surface area contributed by atoms with Crippen molar-refractivity contribution in [3.63, 3.8) is 0 Å². The van der Waals surface area contributed by atoms with E-state index >= 15 is 0 Å². The van der Waals surface area contributed by atoms with Crippen molar-refractivity contribution in [3.05, 3.63) is 46.1 Å². The van der Waals surface area contributed by atoms with Crippen LogP contribution >= 0.6 is 0 Å². The van der Waals surface area contributed by atoms with Crippen molar-refractivity contribution in [2.45, 2.75) is 20.0 Å². The summed E-state index contributed by atoms with van der Waals surface area (Å²) in [5, 5.41) is 14.3. The summed E-state index contributed by atoms with van der Waals surface area (Å²) in [6.45, 7) is 2.02. The number of aromatic nitrogens is 2. The fraction of sp³-hybridized carbons (Fsp3) is 0.273. The Hall–Kier alpha value is -2.44. The first-order valence-corrected chi connectivity index (χ1v) is 5.37. The van der Waals surface area contributed by atoms with E-state index < -0.39 is 4.92 Å². The molecule has 7 heteroatoms. The van der Waals surface area contributed by atoms with Gasteiger partial charge in [-0.2, -0.15) is 4.98 Å². The van der Waals surface area contributed by atoms with Gasteiger partial charge >= 0.3 is 0 Å². The van der Waals surface area contributed by atoms with Gasteiger partial charge in [-0.25, -0.2) is 0 Å². The van der Waals surface area contributed by atoms with Crippen LogP contribution in [-0.4, -0.2) is 15.1 Å². The van der Waals surface area contributed by atoms with E-state index in [0.29, 0.717) is 23.9 Å². The number of ether oxygens (including phenoxy) is 1. The van der Waals surface area contributed by atoms with Gasteiger partial charge in [0.2, 0.25) is 11.7 Å². The molecule has 1 aromatic heterocycles. The molecule has 0 atom stereocenters. The predicted molar refractivity (Wildman–Crippen MR) is 61.1 cm³/mol. The Morgan fingerprint density at radius 3 is 3.00 bits per heavy atom. The van der Waals surface area contributed by atoms with E-state index in [4.69, 9.17) is 9.26 Å². The van der Waals surface area contributed by atoms with Gasteiger partial charge < -0.3 is 9.26 Å². The number of benzene rings is 1. The fourth-order valence-electron chi connectivity index (χ4n) is 1.33. The van der Waals surface area contributed by atoms with E-state index in [2.05, 4.69) is 10.1 Å². The van der Waals surface area contributed by atoms with E-state index in [1.807, 2.05) is 6.92 Å². The molecule has 0 unspecified atom stereocenters. The van der Waals surface area contributed by atoms with Crippen molar-refractivity contribution >= 4 is 5.69 Å². The third kappa shape index (κ3) is 2.82. The second kappa shape index (κ2) is 5.26. The minimum atomic E-state index is -0.476. The topological polar surface area (TPSA) is 91.3 Å². The number of non-ortho nitro benzene ring substituents is 1. The van der Waals surface area contributed by atoms with Crippen LogP contribution in [0.25, 0.3) is 0 Å². The molecule has 0 fully saturated rings. The Morgan fingerprint density at radius 1 is 1.50 bits per heavy atom. The number of rotatable bonds is 5. The van der Waals surface area contributed by atoms with Gasteiger partial charge in [0.15, 0.2) is 6.61 Å². The second-order valence-electron chi connectivity index (χ2n) is 3.50. The van der Waals surface area contributed by atoms with Crippen LogP contribution in [0.4, 0.5) is 5.69 Å². The first-order valence-electron chi connectivity index (χ1n) is 5.37. The maximum absolute atomic E-state index is 10.6. The Labute approximate surface area is 103 Å². The average Bonchev–Trinajstić information content (AvgIpc) is 2.84. The number of nitro benzene ring substituents is 1. The van der Waals surface area contributed by atoms with Crippen LogP contribution in [0.15, 0.2) is 28.8 Å². The molecule has 0 bridgehead atoms. The summed E-state index contributed by atoms with van der Waals surface area (Å²) in [4.78, 5) is 14.2. The molecule has 0 aliphatic heterocycles. The van der Waals surface area contributed by atoms with E-state index in [-0.39, 0.29) is 12.3 Å². The lowest BCUT2D eigenvalue weighted by Gasteiger charge is -2.02. The van der Waals surface area contributed by atoms with Gasteiger partial charge in [-0.05, 0) is 6.07 Å². The molecule has 0 aliphatic carbocycles. The molecular weight excluding hydrogens is 238 g/mol. The van der Waals surface area contributed by atoms with Gasteiger partial charge in [0, 0.05) is 12.5 Å². The molecule has 2 aromatic rings. The van der Waals surface area contributed by atoms with Crippen LogP contribution in [-0.2, 0) is 13.0 Å². The Bertz CT molecular complexity index is 553. The van der Waals surface area contributed by atoms with Gasteiger partial charge in [-0.1, -0.05) is 18.1 Å². The number of nitrogens with zero attached hydrogens (tertiary/aromatic N) is 3. The summed E-state index contributed by atoms with van der Waals surface area (Å²) in [6, 6.07) is 5.94. The first kappa shape index (κ1) is 12.0. The summed E-state index contributed by atoms with van der Waals surface area (Å²) in [7, 11) is 0. The average molecular weight is 249 g/mol. The molecular formula is C11H11N3O4. The SMILES string of the molecule is CCc1nc(COc2cccc([N+](=O)[O-])c2)no1. The summed E-state index contributed by atoms with van der Waals surface area (Å²) < 4.78 is 10.3. The molecule has 1 heterocycles. The molecule has 0 spiro atoms. The number of hydrogen-bond acceptors (Lipinski definition) is 6. The summed E-state index contributed by atoms with van der Waals surface area (Å²) in [6.07, 6.45) is 0.657.